The van der Waals surface area contributed by atoms with Gasteiger partial charge in [-0.05, 0) is 13.3 Å². The molecule has 0 fully saturated rings. The maximum Gasteiger partial charge on any atom is 2.00 e. The van der Waals surface area contributed by atoms with E-state index in [4.69, 9.17) is 5.11 Å². The molecule has 0 spiro atoms. The van der Waals surface area contributed by atoms with Gasteiger partial charge in [0, 0.05) is 0 Å². The van der Waals surface area contributed by atoms with Gasteiger partial charge < -0.3 is 7.96 Å². The molecule has 0 aromatic carbocycles. The summed E-state index contributed by atoms with van der Waals surface area (Å²) in [5.41, 5.74) is 0. The van der Waals surface area contributed by atoms with Crippen molar-refractivity contribution in [2.75, 3.05) is 0 Å². The first-order chi connectivity index (χ1) is 4.09. The molecule has 0 aromatic heterocycles. The van der Waals surface area contributed by atoms with Crippen molar-refractivity contribution in [2.45, 2.75) is 20.3 Å². The Labute approximate surface area is 92.8 Å². The van der Waals surface area contributed by atoms with Gasteiger partial charge in [-0.25, -0.2) is 0 Å². The minimum Gasteiger partial charge on any atom is -1.00 e. The van der Waals surface area contributed by atoms with E-state index in [-0.39, 0.29) is 46.4 Å². The van der Waals surface area contributed by atoms with Crippen LogP contribution in [0.4, 0.5) is 0 Å². The van der Waals surface area contributed by atoms with Crippen LogP contribution in [0.5, 0.6) is 0 Å². The van der Waals surface area contributed by atoms with Crippen LogP contribution in [0.25, 0.3) is 0 Å². The molecule has 0 bridgehead atoms. The summed E-state index contributed by atoms with van der Waals surface area (Å²) < 4.78 is 0. The van der Waals surface area contributed by atoms with E-state index >= 15 is 0 Å². The van der Waals surface area contributed by atoms with Crippen LogP contribution in [0.3, 0.4) is 0 Å². The molecule has 0 aliphatic carbocycles. The van der Waals surface area contributed by atoms with E-state index in [2.05, 4.69) is 0 Å². The summed E-state index contributed by atoms with van der Waals surface area (Å²) in [6.45, 7) is 2.97. The van der Waals surface area contributed by atoms with Crippen LogP contribution in [0.15, 0.2) is 0 Å². The van der Waals surface area contributed by atoms with E-state index in [1.54, 1.807) is 6.92 Å². The fraction of sp³-hybridized carbons (Fsp3) is 0.667. The number of carbonyl (C=O) groups is 2. The standard InChI is InChI=1S/C6H10O3.Ca.2H/c1-3-5(4(2)7)6(8)9;;;/h5H,3H2,1-2H3,(H,8,9);;;/q;+2;2*-1. The third-order valence-corrected chi connectivity index (χ3v) is 1.20. The number of aliphatic carboxylic acids is 1. The van der Waals surface area contributed by atoms with E-state index in [0.717, 1.165) is 0 Å². The monoisotopic (exact) mass is 172 g/mol. The van der Waals surface area contributed by atoms with Crippen molar-refractivity contribution in [1.29, 1.82) is 0 Å². The SMILES string of the molecule is CCC(C(C)=O)C(=O)O.[Ca+2].[H-].[H-]. The van der Waals surface area contributed by atoms with Crippen molar-refractivity contribution in [3.8, 4) is 0 Å². The molecule has 10 heavy (non-hydrogen) atoms. The number of carboxylic acids is 1. The Morgan fingerprint density at radius 2 is 2.00 bits per heavy atom. The number of carbonyl (C=O) groups excluding carboxylic acids is 1. The van der Waals surface area contributed by atoms with Gasteiger partial charge in [-0.15, -0.1) is 0 Å². The summed E-state index contributed by atoms with van der Waals surface area (Å²) >= 11 is 0. The number of rotatable bonds is 3. The van der Waals surface area contributed by atoms with Gasteiger partial charge in [-0.3, -0.25) is 9.59 Å². The molecule has 0 saturated heterocycles. The molecule has 0 rings (SSSR count). The summed E-state index contributed by atoms with van der Waals surface area (Å²) in [5.74, 6) is -2.10. The second-order valence-corrected chi connectivity index (χ2v) is 1.91. The molecule has 1 unspecified atom stereocenters. The smallest absolute Gasteiger partial charge is 1.00 e. The molecule has 3 nitrogen and oxygen atoms in total. The van der Waals surface area contributed by atoms with Gasteiger partial charge in [-0.2, -0.15) is 0 Å². The molecular weight excluding hydrogens is 160 g/mol. The molecule has 0 aliphatic heterocycles. The zero-order valence-corrected chi connectivity index (χ0v) is 8.46. The van der Waals surface area contributed by atoms with E-state index in [9.17, 15) is 9.59 Å². The van der Waals surface area contributed by atoms with Gasteiger partial charge in [0.05, 0.1) is 0 Å². The van der Waals surface area contributed by atoms with Crippen LogP contribution < -0.4 is 0 Å². The van der Waals surface area contributed by atoms with Crippen molar-refractivity contribution in [1.82, 2.24) is 0 Å². The molecular formula is C6H12CaO3. The molecule has 0 aliphatic rings. The number of hydrogen-bond acceptors (Lipinski definition) is 2. The Morgan fingerprint density at radius 1 is 1.60 bits per heavy atom. The van der Waals surface area contributed by atoms with Crippen molar-refractivity contribution in [3.05, 3.63) is 0 Å². The summed E-state index contributed by atoms with van der Waals surface area (Å²) in [7, 11) is 0. The number of Topliss-reactive ketones (excluding diaryl/α,β-unsaturated/α-hetero) is 1. The Morgan fingerprint density at radius 3 is 2.00 bits per heavy atom. The maximum atomic E-state index is 10.4. The van der Waals surface area contributed by atoms with Gasteiger partial charge in [0.15, 0.2) is 0 Å². The Bertz CT molecular complexity index is 127. The molecule has 1 atom stereocenters. The van der Waals surface area contributed by atoms with Crippen molar-refractivity contribution in [3.63, 3.8) is 0 Å². The first-order valence-electron chi connectivity index (χ1n) is 2.82. The molecule has 56 valence electrons. The van der Waals surface area contributed by atoms with E-state index < -0.39 is 11.9 Å². The fourth-order valence-electron chi connectivity index (χ4n) is 0.636. The molecule has 0 amide bonds. The van der Waals surface area contributed by atoms with E-state index in [1.807, 2.05) is 0 Å². The summed E-state index contributed by atoms with van der Waals surface area (Å²) in [6.07, 6.45) is 0.380. The Balaban J connectivity index is -0.000000107. The topological polar surface area (TPSA) is 54.4 Å². The van der Waals surface area contributed by atoms with Gasteiger partial charge in [0.2, 0.25) is 0 Å². The van der Waals surface area contributed by atoms with Gasteiger partial charge in [-0.1, -0.05) is 6.92 Å². The third-order valence-electron chi connectivity index (χ3n) is 1.20. The zero-order chi connectivity index (χ0) is 7.44. The van der Waals surface area contributed by atoms with Gasteiger partial charge in [0.1, 0.15) is 11.7 Å². The maximum absolute atomic E-state index is 10.4. The average Bonchev–Trinajstić information content (AvgIpc) is 1.64. The van der Waals surface area contributed by atoms with Gasteiger partial charge >= 0.3 is 43.7 Å². The minimum absolute atomic E-state index is 0. The fourth-order valence-corrected chi connectivity index (χ4v) is 0.636. The van der Waals surface area contributed by atoms with Crippen molar-refractivity contribution >= 4 is 49.5 Å². The number of hydrogen-bond donors (Lipinski definition) is 1. The first kappa shape index (κ1) is 13.0. The molecule has 1 N–H and O–H groups in total. The Kier molecular flexibility index (Phi) is 7.99. The van der Waals surface area contributed by atoms with Crippen LogP contribution in [-0.2, 0) is 9.59 Å². The molecule has 0 saturated carbocycles. The largest absolute Gasteiger partial charge is 2.00 e. The summed E-state index contributed by atoms with van der Waals surface area (Å²) in [4.78, 5) is 20.6. The molecule has 0 heterocycles. The van der Waals surface area contributed by atoms with Crippen LogP contribution >= 0.6 is 0 Å². The molecule has 0 radical (unpaired) electrons. The van der Waals surface area contributed by atoms with E-state index in [1.165, 1.54) is 6.92 Å². The third kappa shape index (κ3) is 4.25. The first-order valence-corrected chi connectivity index (χ1v) is 2.82. The summed E-state index contributed by atoms with van der Waals surface area (Å²) in [6, 6.07) is 0. The average molecular weight is 172 g/mol. The Hall–Kier alpha value is 0.400. The predicted octanol–water partition coefficient (Wildman–Crippen LogP) is 0.530. The second-order valence-electron chi connectivity index (χ2n) is 1.91. The van der Waals surface area contributed by atoms with Crippen LogP contribution in [0, 0.1) is 5.92 Å². The zero-order valence-electron chi connectivity index (χ0n) is 8.26. The van der Waals surface area contributed by atoms with E-state index in [0.29, 0.717) is 6.42 Å². The minimum atomic E-state index is -1.02. The van der Waals surface area contributed by atoms with Crippen LogP contribution in [-0.4, -0.2) is 54.6 Å². The predicted molar refractivity (Wildman–Crippen MR) is 40.1 cm³/mol. The second kappa shape index (κ2) is 6.13. The summed E-state index contributed by atoms with van der Waals surface area (Å²) in [5, 5.41) is 8.32. The molecule has 0 aromatic rings. The molecule has 4 heteroatoms. The number of ketones is 1. The van der Waals surface area contributed by atoms with Crippen LogP contribution in [0.2, 0.25) is 0 Å². The normalized spacial score (nSPS) is 11.4. The number of carboxylic acid groups (broad SMARTS) is 1. The quantitative estimate of drug-likeness (QED) is 0.499. The van der Waals surface area contributed by atoms with Crippen molar-refractivity contribution < 1.29 is 17.5 Å². The van der Waals surface area contributed by atoms with Gasteiger partial charge in [0.25, 0.3) is 0 Å². The van der Waals surface area contributed by atoms with Crippen LogP contribution in [0.1, 0.15) is 23.1 Å². The van der Waals surface area contributed by atoms with Crippen molar-refractivity contribution in [2.24, 2.45) is 5.92 Å².